The van der Waals surface area contributed by atoms with E-state index in [1.54, 1.807) is 25.7 Å². The summed E-state index contributed by atoms with van der Waals surface area (Å²) in [6.07, 6.45) is 0.211. The molecule has 1 saturated heterocycles. The summed E-state index contributed by atoms with van der Waals surface area (Å²) in [5.41, 5.74) is 3.83. The van der Waals surface area contributed by atoms with Crippen LogP contribution in [-0.2, 0) is 14.3 Å². The minimum atomic E-state index is -1.17. The second-order valence-electron chi connectivity index (χ2n) is 10.1. The van der Waals surface area contributed by atoms with Crippen LogP contribution in [0.2, 0.25) is 0 Å². The highest BCUT2D eigenvalue weighted by molar-refractivity contribution is 5.80. The van der Waals surface area contributed by atoms with Crippen molar-refractivity contribution < 1.29 is 29.0 Å². The van der Waals surface area contributed by atoms with Gasteiger partial charge in [0.1, 0.15) is 18.2 Å². The van der Waals surface area contributed by atoms with Gasteiger partial charge < -0.3 is 24.8 Å². The molecule has 1 aliphatic heterocycles. The molecular formula is C27H32N2O6. The molecule has 1 aliphatic carbocycles. The molecule has 8 nitrogen and oxygen atoms in total. The predicted molar refractivity (Wildman–Crippen MR) is 130 cm³/mol. The minimum absolute atomic E-state index is 0.0481. The number of benzene rings is 2. The third kappa shape index (κ3) is 5.58. The number of carbonyl (C=O) groups excluding carboxylic acids is 2. The van der Waals surface area contributed by atoms with Crippen molar-refractivity contribution >= 4 is 18.2 Å². The fourth-order valence-corrected chi connectivity index (χ4v) is 4.94. The fraction of sp³-hybridized carbons (Fsp3) is 0.444. The van der Waals surface area contributed by atoms with E-state index in [1.165, 1.54) is 0 Å². The van der Waals surface area contributed by atoms with Gasteiger partial charge in [-0.15, -0.1) is 0 Å². The number of ether oxygens (including phenoxy) is 2. The zero-order chi connectivity index (χ0) is 25.2. The molecule has 4 rings (SSSR count). The van der Waals surface area contributed by atoms with Gasteiger partial charge in [0.15, 0.2) is 0 Å². The van der Waals surface area contributed by atoms with Gasteiger partial charge in [0, 0.05) is 18.5 Å². The molecule has 0 saturated carbocycles. The monoisotopic (exact) mass is 480 g/mol. The number of fused-ring (bicyclic) bond motifs is 3. The van der Waals surface area contributed by atoms with Gasteiger partial charge in [0.2, 0.25) is 0 Å². The van der Waals surface area contributed by atoms with Gasteiger partial charge in [-0.2, -0.15) is 0 Å². The van der Waals surface area contributed by atoms with Gasteiger partial charge in [-0.05, 0) is 62.3 Å². The molecule has 2 N–H and O–H groups in total. The lowest BCUT2D eigenvalue weighted by Crippen LogP contribution is -2.47. The van der Waals surface area contributed by atoms with Crippen molar-refractivity contribution in [2.45, 2.75) is 63.6 Å². The molecule has 0 unspecified atom stereocenters. The Kier molecular flexibility index (Phi) is 7.00. The van der Waals surface area contributed by atoms with E-state index in [0.717, 1.165) is 28.7 Å². The van der Waals surface area contributed by atoms with Crippen molar-refractivity contribution in [3.63, 3.8) is 0 Å². The number of nitrogens with one attached hydrogen (secondary N) is 1. The summed E-state index contributed by atoms with van der Waals surface area (Å²) in [5, 5.41) is 12.1. The SMILES string of the molecule is CC(C)(C)OC(=O)N[C@H](C[C@H]1CCCN1C(=O)OCC1c2ccccc2-c2ccccc21)C(=O)O. The number of carbonyl (C=O) groups is 3. The van der Waals surface area contributed by atoms with Crippen molar-refractivity contribution in [1.82, 2.24) is 10.2 Å². The molecule has 2 aliphatic rings. The maximum absolute atomic E-state index is 13.0. The molecule has 2 amide bonds. The molecule has 2 aromatic carbocycles. The summed E-state index contributed by atoms with van der Waals surface area (Å²) in [7, 11) is 0. The van der Waals surface area contributed by atoms with E-state index in [2.05, 4.69) is 29.6 Å². The number of hydrogen-bond donors (Lipinski definition) is 2. The van der Waals surface area contributed by atoms with Crippen molar-refractivity contribution in [3.8, 4) is 11.1 Å². The van der Waals surface area contributed by atoms with Gasteiger partial charge in [0.25, 0.3) is 0 Å². The van der Waals surface area contributed by atoms with Crippen molar-refractivity contribution in [3.05, 3.63) is 59.7 Å². The van der Waals surface area contributed by atoms with Crippen LogP contribution >= 0.6 is 0 Å². The molecule has 0 bridgehead atoms. The van der Waals surface area contributed by atoms with Gasteiger partial charge in [-0.1, -0.05) is 48.5 Å². The number of amides is 2. The number of aliphatic carboxylic acids is 1. The van der Waals surface area contributed by atoms with E-state index < -0.39 is 29.8 Å². The Morgan fingerprint density at radius 3 is 2.23 bits per heavy atom. The topological polar surface area (TPSA) is 105 Å². The summed E-state index contributed by atoms with van der Waals surface area (Å²) in [4.78, 5) is 38.5. The number of likely N-dealkylation sites (tertiary alicyclic amines) is 1. The normalized spacial score (nSPS) is 17.9. The molecule has 0 radical (unpaired) electrons. The zero-order valence-corrected chi connectivity index (χ0v) is 20.3. The molecule has 0 aromatic heterocycles. The molecule has 0 spiro atoms. The first-order chi connectivity index (χ1) is 16.6. The molecular weight excluding hydrogens is 448 g/mol. The third-order valence-electron chi connectivity index (χ3n) is 6.44. The van der Waals surface area contributed by atoms with Gasteiger partial charge in [-0.25, -0.2) is 14.4 Å². The standard InChI is InChI=1S/C27H32N2O6/c1-27(2,3)35-25(32)28-23(24(30)31)15-17-9-8-14-29(17)26(33)34-16-22-20-12-6-4-10-18(20)19-11-5-7-13-21(19)22/h4-7,10-13,17,22-23H,8-9,14-16H2,1-3H3,(H,28,32)(H,30,31)/t17-,23-/m1/s1. The molecule has 1 heterocycles. The quantitative estimate of drug-likeness (QED) is 0.617. The number of carboxylic acids is 1. The molecule has 2 atom stereocenters. The highest BCUT2D eigenvalue weighted by atomic mass is 16.6. The Balaban J connectivity index is 1.40. The first-order valence-corrected chi connectivity index (χ1v) is 12.0. The lowest BCUT2D eigenvalue weighted by molar-refractivity contribution is -0.140. The lowest BCUT2D eigenvalue weighted by Gasteiger charge is -2.28. The Hall–Kier alpha value is -3.55. The van der Waals surface area contributed by atoms with Gasteiger partial charge in [0.05, 0.1) is 0 Å². The van der Waals surface area contributed by atoms with Crippen molar-refractivity contribution in [2.75, 3.05) is 13.2 Å². The average molecular weight is 481 g/mol. The van der Waals surface area contributed by atoms with Crippen LogP contribution in [0, 0.1) is 0 Å². The van der Waals surface area contributed by atoms with E-state index in [0.29, 0.717) is 13.0 Å². The third-order valence-corrected chi connectivity index (χ3v) is 6.44. The van der Waals surface area contributed by atoms with E-state index in [1.807, 2.05) is 24.3 Å². The summed E-state index contributed by atoms with van der Waals surface area (Å²) in [5.74, 6) is -1.22. The van der Waals surface area contributed by atoms with E-state index in [9.17, 15) is 19.5 Å². The summed E-state index contributed by atoms with van der Waals surface area (Å²) in [6, 6.07) is 14.7. The Morgan fingerprint density at radius 2 is 1.66 bits per heavy atom. The Bertz CT molecular complexity index is 1060. The van der Waals surface area contributed by atoms with Gasteiger partial charge >= 0.3 is 18.2 Å². The van der Waals surface area contributed by atoms with Crippen LogP contribution < -0.4 is 5.32 Å². The Morgan fingerprint density at radius 1 is 1.06 bits per heavy atom. The maximum Gasteiger partial charge on any atom is 0.410 e. The number of alkyl carbamates (subject to hydrolysis) is 1. The van der Waals surface area contributed by atoms with E-state index in [4.69, 9.17) is 9.47 Å². The van der Waals surface area contributed by atoms with E-state index in [-0.39, 0.29) is 25.0 Å². The van der Waals surface area contributed by atoms with E-state index >= 15 is 0 Å². The first kappa shape index (κ1) is 24.6. The minimum Gasteiger partial charge on any atom is -0.480 e. The van der Waals surface area contributed by atoms with Crippen molar-refractivity contribution in [1.29, 1.82) is 0 Å². The number of rotatable bonds is 6. The van der Waals surface area contributed by atoms with Crippen LogP contribution in [0.3, 0.4) is 0 Å². The van der Waals surface area contributed by atoms with Gasteiger partial charge in [-0.3, -0.25) is 0 Å². The summed E-state index contributed by atoms with van der Waals surface area (Å²) in [6.45, 7) is 5.81. The van der Waals surface area contributed by atoms with Crippen LogP contribution in [-0.4, -0.2) is 59.0 Å². The molecule has 8 heteroatoms. The van der Waals surface area contributed by atoms with Crippen LogP contribution in [0.15, 0.2) is 48.5 Å². The highest BCUT2D eigenvalue weighted by Crippen LogP contribution is 2.44. The molecule has 186 valence electrons. The number of hydrogen-bond acceptors (Lipinski definition) is 5. The number of nitrogens with zero attached hydrogens (tertiary/aromatic N) is 1. The van der Waals surface area contributed by atoms with Crippen molar-refractivity contribution in [2.24, 2.45) is 0 Å². The second-order valence-corrected chi connectivity index (χ2v) is 10.1. The largest absolute Gasteiger partial charge is 0.480 e. The number of carboxylic acid groups (broad SMARTS) is 1. The first-order valence-electron chi connectivity index (χ1n) is 12.0. The summed E-state index contributed by atoms with van der Waals surface area (Å²) >= 11 is 0. The molecule has 2 aromatic rings. The van der Waals surface area contributed by atoms with Crippen LogP contribution in [0.4, 0.5) is 9.59 Å². The van der Waals surface area contributed by atoms with Crippen LogP contribution in [0.5, 0.6) is 0 Å². The Labute approximate surface area is 205 Å². The van der Waals surface area contributed by atoms with Crippen LogP contribution in [0.1, 0.15) is 57.1 Å². The highest BCUT2D eigenvalue weighted by Gasteiger charge is 2.36. The zero-order valence-electron chi connectivity index (χ0n) is 20.3. The van der Waals surface area contributed by atoms with Crippen LogP contribution in [0.25, 0.3) is 11.1 Å². The summed E-state index contributed by atoms with van der Waals surface area (Å²) < 4.78 is 11.0. The average Bonchev–Trinajstić information content (AvgIpc) is 3.38. The predicted octanol–water partition coefficient (Wildman–Crippen LogP) is 4.77. The molecule has 1 fully saturated rings. The fourth-order valence-electron chi connectivity index (χ4n) is 4.94. The molecule has 35 heavy (non-hydrogen) atoms. The lowest BCUT2D eigenvalue weighted by atomic mass is 9.98. The maximum atomic E-state index is 13.0. The smallest absolute Gasteiger partial charge is 0.410 e. The second kappa shape index (κ2) is 9.98.